The third kappa shape index (κ3) is 3.99. The minimum atomic E-state index is -0.498. The Hall–Kier alpha value is -2.83. The van der Waals surface area contributed by atoms with E-state index in [4.69, 9.17) is 0 Å². The van der Waals surface area contributed by atoms with Gasteiger partial charge in [0.2, 0.25) is 5.91 Å². The highest BCUT2D eigenvalue weighted by Crippen LogP contribution is 2.34. The minimum Gasteiger partial charge on any atom is -0.348 e. The highest BCUT2D eigenvalue weighted by Gasteiger charge is 2.38. The number of hydrogen-bond donors (Lipinski definition) is 1. The van der Waals surface area contributed by atoms with Gasteiger partial charge in [0.1, 0.15) is 18.4 Å². The molecule has 1 aromatic carbocycles. The number of benzene rings is 1. The van der Waals surface area contributed by atoms with Crippen LogP contribution in [0, 0.1) is 5.82 Å². The van der Waals surface area contributed by atoms with Crippen molar-refractivity contribution in [3.8, 4) is 0 Å². The number of carbonyl (C=O) groups excluding carboxylic acids is 2. The van der Waals surface area contributed by atoms with E-state index in [0.717, 1.165) is 18.5 Å². The maximum atomic E-state index is 14.7. The Kier molecular flexibility index (Phi) is 5.30. The second kappa shape index (κ2) is 7.89. The van der Waals surface area contributed by atoms with E-state index < -0.39 is 6.04 Å². The van der Waals surface area contributed by atoms with Crippen molar-refractivity contribution >= 4 is 11.9 Å². The molecule has 1 aliphatic carbocycles. The Morgan fingerprint density at radius 1 is 1.17 bits per heavy atom. The number of rotatable bonds is 5. The Bertz CT molecular complexity index is 906. The summed E-state index contributed by atoms with van der Waals surface area (Å²) in [6, 6.07) is 9.85. The number of aromatic nitrogens is 1. The molecule has 1 aliphatic heterocycles. The van der Waals surface area contributed by atoms with Gasteiger partial charge in [-0.3, -0.25) is 4.79 Å². The molecule has 7 heteroatoms. The van der Waals surface area contributed by atoms with Crippen LogP contribution in [0.5, 0.6) is 0 Å². The van der Waals surface area contributed by atoms with Crippen LogP contribution in [-0.4, -0.2) is 51.5 Å². The molecule has 1 N–H and O–H groups in total. The van der Waals surface area contributed by atoms with E-state index in [2.05, 4.69) is 9.88 Å². The van der Waals surface area contributed by atoms with E-state index in [0.29, 0.717) is 18.7 Å². The second-order valence-corrected chi connectivity index (χ2v) is 8.10. The molecule has 2 aromatic rings. The smallest absolute Gasteiger partial charge is 0.318 e. The molecule has 0 unspecified atom stereocenters. The van der Waals surface area contributed by atoms with Crippen molar-refractivity contribution in [3.05, 3.63) is 59.7 Å². The molecule has 1 saturated carbocycles. The van der Waals surface area contributed by atoms with Crippen LogP contribution in [0.15, 0.2) is 42.6 Å². The molecule has 0 spiro atoms. The molecule has 29 heavy (non-hydrogen) atoms. The number of urea groups is 1. The van der Waals surface area contributed by atoms with Gasteiger partial charge in [0.05, 0.1) is 0 Å². The van der Waals surface area contributed by atoms with Crippen molar-refractivity contribution in [3.63, 3.8) is 0 Å². The maximum Gasteiger partial charge on any atom is 0.318 e. The maximum absolute atomic E-state index is 14.7. The lowest BCUT2D eigenvalue weighted by molar-refractivity contribution is -0.134. The van der Waals surface area contributed by atoms with Crippen LogP contribution in [-0.2, 0) is 11.3 Å². The lowest BCUT2D eigenvalue weighted by atomic mass is 9.99. The number of fused-ring (bicyclic) bond motifs is 1. The Morgan fingerprint density at radius 2 is 1.93 bits per heavy atom. The topological polar surface area (TPSA) is 57.6 Å². The molecule has 2 heterocycles. The highest BCUT2D eigenvalue weighted by molar-refractivity contribution is 5.85. The summed E-state index contributed by atoms with van der Waals surface area (Å²) >= 11 is 0. The first-order valence-corrected chi connectivity index (χ1v) is 10.2. The van der Waals surface area contributed by atoms with Crippen molar-refractivity contribution in [2.45, 2.75) is 51.4 Å². The van der Waals surface area contributed by atoms with Crippen molar-refractivity contribution in [1.29, 1.82) is 0 Å². The molecule has 0 radical (unpaired) electrons. The zero-order valence-corrected chi connectivity index (χ0v) is 16.8. The molecular formula is C22H27FN4O2. The van der Waals surface area contributed by atoms with E-state index in [1.165, 1.54) is 6.07 Å². The molecule has 4 rings (SSSR count). The minimum absolute atomic E-state index is 0.00304. The Morgan fingerprint density at radius 3 is 2.62 bits per heavy atom. The molecule has 1 fully saturated rings. The number of amides is 3. The molecule has 0 bridgehead atoms. The number of carbonyl (C=O) groups is 2. The van der Waals surface area contributed by atoms with Gasteiger partial charge < -0.3 is 19.7 Å². The summed E-state index contributed by atoms with van der Waals surface area (Å²) in [6.07, 6.45) is 3.79. The summed E-state index contributed by atoms with van der Waals surface area (Å²) < 4.78 is 16.7. The monoisotopic (exact) mass is 398 g/mol. The second-order valence-electron chi connectivity index (χ2n) is 8.10. The Balaban J connectivity index is 1.61. The fourth-order valence-electron chi connectivity index (χ4n) is 4.00. The summed E-state index contributed by atoms with van der Waals surface area (Å²) in [7, 11) is 0. The molecular weight excluding hydrogens is 371 g/mol. The van der Waals surface area contributed by atoms with Crippen LogP contribution >= 0.6 is 0 Å². The molecule has 154 valence electrons. The van der Waals surface area contributed by atoms with Gasteiger partial charge in [-0.1, -0.05) is 18.2 Å². The lowest BCUT2D eigenvalue weighted by Gasteiger charge is -2.38. The van der Waals surface area contributed by atoms with Gasteiger partial charge >= 0.3 is 6.03 Å². The lowest BCUT2D eigenvalue weighted by Crippen LogP contribution is -2.51. The van der Waals surface area contributed by atoms with Crippen LogP contribution in [0.2, 0.25) is 0 Å². The normalized spacial score (nSPS) is 18.5. The number of hydrogen-bond acceptors (Lipinski definition) is 2. The first kappa shape index (κ1) is 19.5. The van der Waals surface area contributed by atoms with Gasteiger partial charge in [-0.15, -0.1) is 0 Å². The fraction of sp³-hybridized carbons (Fsp3) is 0.455. The van der Waals surface area contributed by atoms with E-state index in [1.54, 1.807) is 28.0 Å². The summed E-state index contributed by atoms with van der Waals surface area (Å²) in [6.45, 7) is 4.94. The van der Waals surface area contributed by atoms with E-state index >= 15 is 0 Å². The van der Waals surface area contributed by atoms with Gasteiger partial charge in [0.25, 0.3) is 0 Å². The van der Waals surface area contributed by atoms with Crippen molar-refractivity contribution in [1.82, 2.24) is 19.7 Å². The standard InChI is InChI=1S/C22H27FN4O2/c1-15(2)24-22(29)27(16-9-10-16)14-20(28)26-13-12-25-11-5-8-19(25)21(26)17-6-3-4-7-18(17)23/h3-8,11,15-16,21H,9-10,12-14H2,1-2H3,(H,24,29)/t21-/m1/s1. The van der Waals surface area contributed by atoms with Gasteiger partial charge in [0, 0.05) is 42.6 Å². The van der Waals surface area contributed by atoms with Crippen molar-refractivity contribution < 1.29 is 14.0 Å². The SMILES string of the molecule is CC(C)NC(=O)N(CC(=O)N1CCn2cccc2[C@H]1c1ccccc1F)C1CC1. The predicted molar refractivity (Wildman–Crippen MR) is 108 cm³/mol. The molecule has 1 aromatic heterocycles. The molecule has 2 aliphatic rings. The van der Waals surface area contributed by atoms with Crippen molar-refractivity contribution in [2.75, 3.05) is 13.1 Å². The third-order valence-corrected chi connectivity index (χ3v) is 5.52. The first-order chi connectivity index (χ1) is 14.0. The average molecular weight is 398 g/mol. The summed E-state index contributed by atoms with van der Waals surface area (Å²) in [5.41, 5.74) is 1.37. The largest absolute Gasteiger partial charge is 0.348 e. The van der Waals surface area contributed by atoms with Crippen LogP contribution in [0.4, 0.5) is 9.18 Å². The molecule has 6 nitrogen and oxygen atoms in total. The zero-order valence-electron chi connectivity index (χ0n) is 16.8. The van der Waals surface area contributed by atoms with Crippen LogP contribution < -0.4 is 5.32 Å². The van der Waals surface area contributed by atoms with E-state index in [9.17, 15) is 14.0 Å². The first-order valence-electron chi connectivity index (χ1n) is 10.2. The quantitative estimate of drug-likeness (QED) is 0.841. The predicted octanol–water partition coefficient (Wildman–Crippen LogP) is 3.14. The molecule has 0 saturated heterocycles. The van der Waals surface area contributed by atoms with Crippen LogP contribution in [0.25, 0.3) is 0 Å². The highest BCUT2D eigenvalue weighted by atomic mass is 19.1. The molecule has 3 amide bonds. The Labute approximate surface area is 170 Å². The van der Waals surface area contributed by atoms with Gasteiger partial charge in [-0.2, -0.15) is 0 Å². The zero-order chi connectivity index (χ0) is 20.5. The van der Waals surface area contributed by atoms with Crippen molar-refractivity contribution in [2.24, 2.45) is 0 Å². The van der Waals surface area contributed by atoms with Gasteiger partial charge in [-0.25, -0.2) is 9.18 Å². The van der Waals surface area contributed by atoms with Crippen LogP contribution in [0.1, 0.15) is 44.0 Å². The number of nitrogens with one attached hydrogen (secondary N) is 1. The van der Waals surface area contributed by atoms with Gasteiger partial charge in [-0.05, 0) is 44.9 Å². The summed E-state index contributed by atoms with van der Waals surface area (Å²) in [4.78, 5) is 29.3. The van der Waals surface area contributed by atoms with Crippen LogP contribution in [0.3, 0.4) is 0 Å². The van der Waals surface area contributed by atoms with Gasteiger partial charge in [0.15, 0.2) is 0 Å². The number of nitrogens with zero attached hydrogens (tertiary/aromatic N) is 3. The average Bonchev–Trinajstić information content (AvgIpc) is 3.41. The van der Waals surface area contributed by atoms with E-state index in [-0.39, 0.29) is 36.4 Å². The summed E-state index contributed by atoms with van der Waals surface area (Å²) in [5, 5.41) is 2.89. The fourth-order valence-corrected chi connectivity index (χ4v) is 4.00. The summed E-state index contributed by atoms with van der Waals surface area (Å²) in [5.74, 6) is -0.488. The molecule has 1 atom stereocenters. The van der Waals surface area contributed by atoms with E-state index in [1.807, 2.05) is 32.2 Å². The number of halogens is 1. The third-order valence-electron chi connectivity index (χ3n) is 5.52.